The second-order valence-corrected chi connectivity index (χ2v) is 5.37. The summed E-state index contributed by atoms with van der Waals surface area (Å²) >= 11 is 0. The van der Waals surface area contributed by atoms with Crippen LogP contribution in [-0.4, -0.2) is 36.0 Å². The van der Waals surface area contributed by atoms with Gasteiger partial charge in [-0.15, -0.1) is 0 Å². The van der Waals surface area contributed by atoms with Crippen molar-refractivity contribution in [3.63, 3.8) is 0 Å². The molecule has 0 aromatic carbocycles. The molecule has 15 heavy (non-hydrogen) atoms. The maximum absolute atomic E-state index is 10.4. The summed E-state index contributed by atoms with van der Waals surface area (Å²) in [6, 6.07) is 0.425. The first-order valence-electron chi connectivity index (χ1n) is 6.00. The molecule has 0 aromatic rings. The van der Waals surface area contributed by atoms with Crippen molar-refractivity contribution >= 4 is 0 Å². The first-order valence-corrected chi connectivity index (χ1v) is 6.00. The molecule has 2 unspecified atom stereocenters. The molecule has 3 heteroatoms. The first kappa shape index (κ1) is 12.9. The van der Waals surface area contributed by atoms with Gasteiger partial charge >= 0.3 is 0 Å². The number of aliphatic hydroxyl groups is 1. The summed E-state index contributed by atoms with van der Waals surface area (Å²) in [7, 11) is 0. The van der Waals surface area contributed by atoms with Crippen LogP contribution in [0.1, 0.15) is 40.5 Å². The molecular weight excluding hydrogens is 190 g/mol. The van der Waals surface area contributed by atoms with Gasteiger partial charge in [0.1, 0.15) is 0 Å². The highest BCUT2D eigenvalue weighted by Crippen LogP contribution is 2.28. The molecule has 2 atom stereocenters. The second kappa shape index (κ2) is 5.28. The van der Waals surface area contributed by atoms with Gasteiger partial charge in [-0.1, -0.05) is 27.7 Å². The Labute approximate surface area is 93.2 Å². The minimum absolute atomic E-state index is 0.206. The lowest BCUT2D eigenvalue weighted by Crippen LogP contribution is -2.50. The molecule has 1 saturated heterocycles. The Kier molecular flexibility index (Phi) is 4.56. The summed E-state index contributed by atoms with van der Waals surface area (Å²) in [4.78, 5) is 0. The van der Waals surface area contributed by atoms with E-state index in [-0.39, 0.29) is 6.10 Å². The van der Waals surface area contributed by atoms with Crippen LogP contribution in [0, 0.1) is 5.92 Å². The van der Waals surface area contributed by atoms with E-state index < -0.39 is 5.60 Å². The third kappa shape index (κ3) is 4.09. The normalized spacial score (nSPS) is 32.6. The number of hydrogen-bond acceptors (Lipinski definition) is 3. The molecule has 0 radical (unpaired) electrons. The van der Waals surface area contributed by atoms with Gasteiger partial charge in [-0.05, 0) is 5.92 Å². The van der Waals surface area contributed by atoms with Crippen molar-refractivity contribution in [3.8, 4) is 0 Å². The van der Waals surface area contributed by atoms with Crippen LogP contribution in [0.2, 0.25) is 0 Å². The third-order valence-corrected chi connectivity index (χ3v) is 3.06. The van der Waals surface area contributed by atoms with Crippen molar-refractivity contribution < 1.29 is 9.84 Å². The molecule has 0 bridgehead atoms. The van der Waals surface area contributed by atoms with Crippen LogP contribution in [0.15, 0.2) is 0 Å². The van der Waals surface area contributed by atoms with Gasteiger partial charge < -0.3 is 15.2 Å². The summed E-state index contributed by atoms with van der Waals surface area (Å²) in [6.07, 6.45) is 1.71. The summed E-state index contributed by atoms with van der Waals surface area (Å²) in [6.45, 7) is 9.85. The molecule has 90 valence electrons. The Morgan fingerprint density at radius 1 is 1.40 bits per heavy atom. The molecule has 0 saturated carbocycles. The molecular formula is C12H25NO2. The fraction of sp³-hybridized carbons (Fsp3) is 1.00. The van der Waals surface area contributed by atoms with Gasteiger partial charge in [0.15, 0.2) is 0 Å². The van der Waals surface area contributed by atoms with E-state index in [9.17, 15) is 5.11 Å². The molecule has 0 aromatic heterocycles. The van der Waals surface area contributed by atoms with Crippen LogP contribution in [0.25, 0.3) is 0 Å². The van der Waals surface area contributed by atoms with Gasteiger partial charge in [-0.3, -0.25) is 0 Å². The SMILES string of the molecule is CC(C)NCC1(O)CCOC(C(C)C)C1. The molecule has 1 fully saturated rings. The van der Waals surface area contributed by atoms with E-state index >= 15 is 0 Å². The molecule has 1 rings (SSSR count). The average Bonchev–Trinajstić information content (AvgIpc) is 2.15. The minimum Gasteiger partial charge on any atom is -0.388 e. The van der Waals surface area contributed by atoms with Crippen LogP contribution >= 0.6 is 0 Å². The van der Waals surface area contributed by atoms with Gasteiger partial charge in [0, 0.05) is 32.0 Å². The van der Waals surface area contributed by atoms with E-state index in [0.29, 0.717) is 25.1 Å². The van der Waals surface area contributed by atoms with Gasteiger partial charge in [-0.25, -0.2) is 0 Å². The average molecular weight is 215 g/mol. The topological polar surface area (TPSA) is 41.5 Å². The van der Waals surface area contributed by atoms with E-state index in [1.54, 1.807) is 0 Å². The number of ether oxygens (including phenoxy) is 1. The fourth-order valence-electron chi connectivity index (χ4n) is 1.92. The minimum atomic E-state index is -0.572. The predicted molar refractivity (Wildman–Crippen MR) is 61.9 cm³/mol. The largest absolute Gasteiger partial charge is 0.388 e. The van der Waals surface area contributed by atoms with E-state index in [1.807, 2.05) is 0 Å². The Hall–Kier alpha value is -0.120. The van der Waals surface area contributed by atoms with Gasteiger partial charge in [0.2, 0.25) is 0 Å². The summed E-state index contributed by atoms with van der Waals surface area (Å²) in [5.41, 5.74) is -0.572. The van der Waals surface area contributed by atoms with Crippen LogP contribution in [0.3, 0.4) is 0 Å². The van der Waals surface area contributed by atoms with Crippen LogP contribution in [0.5, 0.6) is 0 Å². The van der Waals surface area contributed by atoms with Gasteiger partial charge in [0.25, 0.3) is 0 Å². The molecule has 0 amide bonds. The zero-order valence-corrected chi connectivity index (χ0v) is 10.4. The lowest BCUT2D eigenvalue weighted by Gasteiger charge is -2.39. The lowest BCUT2D eigenvalue weighted by atomic mass is 9.86. The molecule has 3 nitrogen and oxygen atoms in total. The fourth-order valence-corrected chi connectivity index (χ4v) is 1.92. The van der Waals surface area contributed by atoms with E-state index in [4.69, 9.17) is 4.74 Å². The Bertz CT molecular complexity index is 194. The molecule has 1 aliphatic heterocycles. The smallest absolute Gasteiger partial charge is 0.0818 e. The van der Waals surface area contributed by atoms with Crippen molar-refractivity contribution in [1.82, 2.24) is 5.32 Å². The maximum Gasteiger partial charge on any atom is 0.0818 e. The highest BCUT2D eigenvalue weighted by atomic mass is 16.5. The molecule has 1 heterocycles. The highest BCUT2D eigenvalue weighted by molar-refractivity contribution is 4.89. The Balaban J connectivity index is 2.45. The molecule has 2 N–H and O–H groups in total. The van der Waals surface area contributed by atoms with Gasteiger partial charge in [-0.2, -0.15) is 0 Å². The van der Waals surface area contributed by atoms with E-state index in [2.05, 4.69) is 33.0 Å². The monoisotopic (exact) mass is 215 g/mol. The number of nitrogens with one attached hydrogen (secondary N) is 1. The van der Waals surface area contributed by atoms with Crippen LogP contribution in [0.4, 0.5) is 0 Å². The molecule has 0 aliphatic carbocycles. The zero-order chi connectivity index (χ0) is 11.5. The number of rotatable bonds is 4. The van der Waals surface area contributed by atoms with Crippen LogP contribution in [-0.2, 0) is 4.74 Å². The molecule has 1 aliphatic rings. The predicted octanol–water partition coefficient (Wildman–Crippen LogP) is 1.55. The van der Waals surface area contributed by atoms with Crippen molar-refractivity contribution in [1.29, 1.82) is 0 Å². The summed E-state index contributed by atoms with van der Waals surface area (Å²) in [5.74, 6) is 0.482. The Morgan fingerprint density at radius 3 is 2.60 bits per heavy atom. The Morgan fingerprint density at radius 2 is 2.07 bits per heavy atom. The second-order valence-electron chi connectivity index (χ2n) is 5.37. The van der Waals surface area contributed by atoms with Crippen molar-refractivity contribution in [2.24, 2.45) is 5.92 Å². The highest BCUT2D eigenvalue weighted by Gasteiger charge is 2.35. The summed E-state index contributed by atoms with van der Waals surface area (Å²) in [5, 5.41) is 13.7. The maximum atomic E-state index is 10.4. The first-order chi connectivity index (χ1) is 6.93. The van der Waals surface area contributed by atoms with Crippen LogP contribution < -0.4 is 5.32 Å². The van der Waals surface area contributed by atoms with Crippen molar-refractivity contribution in [2.75, 3.05) is 13.2 Å². The van der Waals surface area contributed by atoms with Gasteiger partial charge in [0.05, 0.1) is 11.7 Å². The third-order valence-electron chi connectivity index (χ3n) is 3.06. The van der Waals surface area contributed by atoms with E-state index in [1.165, 1.54) is 0 Å². The van der Waals surface area contributed by atoms with Crippen molar-refractivity contribution in [2.45, 2.75) is 58.3 Å². The quantitative estimate of drug-likeness (QED) is 0.747. The number of hydrogen-bond donors (Lipinski definition) is 2. The zero-order valence-electron chi connectivity index (χ0n) is 10.4. The summed E-state index contributed by atoms with van der Waals surface area (Å²) < 4.78 is 5.65. The van der Waals surface area contributed by atoms with E-state index in [0.717, 1.165) is 12.8 Å². The standard InChI is InChI=1S/C12H25NO2/c1-9(2)11-7-12(14,5-6-15-11)8-13-10(3)4/h9-11,13-14H,5-8H2,1-4H3. The molecule has 0 spiro atoms. The lowest BCUT2D eigenvalue weighted by molar-refractivity contribution is -0.115. The van der Waals surface area contributed by atoms with Crippen molar-refractivity contribution in [3.05, 3.63) is 0 Å².